The molecule has 0 amide bonds. The van der Waals surface area contributed by atoms with Gasteiger partial charge in [-0.05, 0) is 31.6 Å². The van der Waals surface area contributed by atoms with E-state index in [1.54, 1.807) is 0 Å². The summed E-state index contributed by atoms with van der Waals surface area (Å²) in [5, 5.41) is 7.09. The van der Waals surface area contributed by atoms with E-state index in [1.807, 2.05) is 0 Å². The molecule has 0 unspecified atom stereocenters. The fraction of sp³-hybridized carbons (Fsp3) is 0.500. The van der Waals surface area contributed by atoms with Gasteiger partial charge in [-0.2, -0.15) is 0 Å². The molecule has 0 spiro atoms. The molecule has 0 aliphatic rings. The quantitative estimate of drug-likeness (QED) is 0.685. The van der Waals surface area contributed by atoms with Crippen molar-refractivity contribution < 1.29 is 4.90 Å². The zero-order valence-electron chi connectivity index (χ0n) is 11.7. The van der Waals surface area contributed by atoms with Gasteiger partial charge in [-0.15, -0.1) is 0 Å². The molecule has 0 fully saturated rings. The van der Waals surface area contributed by atoms with E-state index in [4.69, 9.17) is 12.2 Å². The third kappa shape index (κ3) is 5.98. The Hall–Kier alpha value is -1.13. The highest BCUT2D eigenvalue weighted by Crippen LogP contribution is 2.03. The van der Waals surface area contributed by atoms with Gasteiger partial charge in [0.25, 0.3) is 0 Å². The van der Waals surface area contributed by atoms with Crippen molar-refractivity contribution in [2.45, 2.75) is 33.0 Å². The summed E-state index contributed by atoms with van der Waals surface area (Å²) in [6, 6.07) is 9.05. The lowest BCUT2D eigenvalue weighted by Crippen LogP contribution is -3.04. The summed E-state index contributed by atoms with van der Waals surface area (Å²) >= 11 is 5.19. The molecule has 0 radical (unpaired) electrons. The number of hydrogen-bond donors (Lipinski definition) is 3. The smallest absolute Gasteiger partial charge is 0.166 e. The molecule has 3 nitrogen and oxygen atoms in total. The summed E-state index contributed by atoms with van der Waals surface area (Å²) in [7, 11) is 4.32. The van der Waals surface area contributed by atoms with Crippen molar-refractivity contribution in [2.24, 2.45) is 0 Å². The van der Waals surface area contributed by atoms with E-state index in [1.165, 1.54) is 16.0 Å². The molecule has 0 atom stereocenters. The highest BCUT2D eigenvalue weighted by molar-refractivity contribution is 7.80. The Morgan fingerprint density at radius 3 is 2.22 bits per heavy atom. The van der Waals surface area contributed by atoms with Crippen LogP contribution in [0.5, 0.6) is 0 Å². The Balaban J connectivity index is 2.41. The molecule has 1 aromatic carbocycles. The average molecular weight is 266 g/mol. The molecular weight excluding hydrogens is 242 g/mol. The molecule has 0 aliphatic carbocycles. The lowest BCUT2D eigenvalue weighted by molar-refractivity contribution is -0.872. The van der Waals surface area contributed by atoms with Crippen LogP contribution in [0.25, 0.3) is 0 Å². The summed E-state index contributed by atoms with van der Waals surface area (Å²) < 4.78 is 0. The fourth-order valence-corrected chi connectivity index (χ4v) is 1.99. The van der Waals surface area contributed by atoms with Crippen molar-refractivity contribution in [2.75, 3.05) is 14.1 Å². The molecule has 0 aromatic heterocycles. The lowest BCUT2D eigenvalue weighted by atomic mass is 10.1. The summed E-state index contributed by atoms with van der Waals surface area (Å²) in [6.07, 6.45) is 0. The van der Waals surface area contributed by atoms with Crippen molar-refractivity contribution in [1.29, 1.82) is 0 Å². The van der Waals surface area contributed by atoms with Gasteiger partial charge in [0.15, 0.2) is 5.11 Å². The molecule has 18 heavy (non-hydrogen) atoms. The van der Waals surface area contributed by atoms with Crippen LogP contribution < -0.4 is 15.5 Å². The highest BCUT2D eigenvalue weighted by Gasteiger charge is 2.00. The van der Waals surface area contributed by atoms with E-state index >= 15 is 0 Å². The monoisotopic (exact) mass is 266 g/mol. The predicted octanol–water partition coefficient (Wildman–Crippen LogP) is 0.704. The van der Waals surface area contributed by atoms with Crippen molar-refractivity contribution in [1.82, 2.24) is 10.6 Å². The molecular formula is C14H24N3S+. The minimum absolute atomic E-state index is 0.371. The largest absolute Gasteiger partial charge is 0.361 e. The number of thiocarbonyl (C=S) groups is 1. The summed E-state index contributed by atoms with van der Waals surface area (Å²) in [5.41, 5.74) is 2.61. The van der Waals surface area contributed by atoms with Crippen molar-refractivity contribution in [3.05, 3.63) is 35.4 Å². The molecule has 0 saturated heterocycles. The van der Waals surface area contributed by atoms with Crippen LogP contribution in [0, 0.1) is 0 Å². The first-order valence-corrected chi connectivity index (χ1v) is 6.79. The van der Waals surface area contributed by atoms with Gasteiger partial charge in [0, 0.05) is 18.2 Å². The second kappa shape index (κ2) is 7.34. The molecule has 0 aliphatic heterocycles. The first-order chi connectivity index (χ1) is 8.47. The maximum Gasteiger partial charge on any atom is 0.166 e. The minimum Gasteiger partial charge on any atom is -0.361 e. The number of rotatable bonds is 5. The van der Waals surface area contributed by atoms with Crippen LogP contribution in [-0.4, -0.2) is 25.2 Å². The highest BCUT2D eigenvalue weighted by atomic mass is 32.1. The Kier molecular flexibility index (Phi) is 6.09. The second-order valence-corrected chi connectivity index (χ2v) is 5.59. The van der Waals surface area contributed by atoms with Gasteiger partial charge in [0.1, 0.15) is 6.54 Å². The van der Waals surface area contributed by atoms with Crippen LogP contribution in [0.15, 0.2) is 24.3 Å². The zero-order chi connectivity index (χ0) is 13.5. The Morgan fingerprint density at radius 1 is 1.17 bits per heavy atom. The van der Waals surface area contributed by atoms with Crippen LogP contribution in [-0.2, 0) is 13.1 Å². The average Bonchev–Trinajstić information content (AvgIpc) is 2.26. The van der Waals surface area contributed by atoms with E-state index in [0.29, 0.717) is 11.2 Å². The minimum atomic E-state index is 0.371. The third-order valence-corrected chi connectivity index (χ3v) is 2.72. The van der Waals surface area contributed by atoms with Crippen LogP contribution in [0.4, 0.5) is 0 Å². The number of nitrogens with one attached hydrogen (secondary N) is 3. The lowest BCUT2D eigenvalue weighted by Gasteiger charge is -2.13. The van der Waals surface area contributed by atoms with Gasteiger partial charge in [0.05, 0.1) is 14.1 Å². The third-order valence-electron chi connectivity index (χ3n) is 2.45. The Labute approximate surface area is 116 Å². The molecule has 0 bridgehead atoms. The first kappa shape index (κ1) is 14.9. The maximum absolute atomic E-state index is 5.19. The molecule has 0 saturated carbocycles. The number of hydrogen-bond acceptors (Lipinski definition) is 1. The van der Waals surface area contributed by atoms with Crippen LogP contribution in [0.3, 0.4) is 0 Å². The normalized spacial score (nSPS) is 10.8. The predicted molar refractivity (Wildman–Crippen MR) is 80.7 cm³/mol. The summed E-state index contributed by atoms with van der Waals surface area (Å²) in [6.45, 7) is 5.98. The van der Waals surface area contributed by atoms with E-state index in [2.05, 4.69) is 62.8 Å². The second-order valence-electron chi connectivity index (χ2n) is 5.18. The van der Waals surface area contributed by atoms with Crippen LogP contribution in [0.1, 0.15) is 25.0 Å². The van der Waals surface area contributed by atoms with E-state index < -0.39 is 0 Å². The molecule has 0 heterocycles. The van der Waals surface area contributed by atoms with Crippen molar-refractivity contribution in [3.8, 4) is 0 Å². The SMILES string of the molecule is CC(C)NC(=S)NCc1ccc(C[NH+](C)C)cc1. The molecule has 1 rings (SSSR count). The maximum atomic E-state index is 5.19. The van der Waals surface area contributed by atoms with Gasteiger partial charge in [-0.3, -0.25) is 0 Å². The van der Waals surface area contributed by atoms with Crippen molar-refractivity contribution in [3.63, 3.8) is 0 Å². The number of quaternary nitrogens is 1. The molecule has 4 heteroatoms. The topological polar surface area (TPSA) is 28.5 Å². The Bertz CT molecular complexity index is 371. The van der Waals surface area contributed by atoms with E-state index in [9.17, 15) is 0 Å². The summed E-state index contributed by atoms with van der Waals surface area (Å²) in [4.78, 5) is 1.43. The standard InChI is InChI=1S/C14H23N3S/c1-11(2)16-14(18)15-9-12-5-7-13(8-6-12)10-17(3)4/h5-8,11H,9-10H2,1-4H3,(H2,15,16,18)/p+1. The number of benzene rings is 1. The van der Waals surface area contributed by atoms with Crippen molar-refractivity contribution >= 4 is 17.3 Å². The van der Waals surface area contributed by atoms with Gasteiger partial charge < -0.3 is 15.5 Å². The van der Waals surface area contributed by atoms with Gasteiger partial charge in [0.2, 0.25) is 0 Å². The van der Waals surface area contributed by atoms with Gasteiger partial charge >= 0.3 is 0 Å². The van der Waals surface area contributed by atoms with E-state index in [0.717, 1.165) is 13.1 Å². The zero-order valence-corrected chi connectivity index (χ0v) is 12.5. The summed E-state index contributed by atoms with van der Waals surface area (Å²) in [5.74, 6) is 0. The Morgan fingerprint density at radius 2 is 1.72 bits per heavy atom. The van der Waals surface area contributed by atoms with Crippen LogP contribution >= 0.6 is 12.2 Å². The van der Waals surface area contributed by atoms with Gasteiger partial charge in [-0.25, -0.2) is 0 Å². The fourth-order valence-electron chi connectivity index (χ4n) is 1.68. The van der Waals surface area contributed by atoms with E-state index in [-0.39, 0.29) is 0 Å². The molecule has 100 valence electrons. The molecule has 1 aromatic rings. The van der Waals surface area contributed by atoms with Crippen LogP contribution in [0.2, 0.25) is 0 Å². The first-order valence-electron chi connectivity index (χ1n) is 6.38. The molecule has 3 N–H and O–H groups in total. The van der Waals surface area contributed by atoms with Gasteiger partial charge in [-0.1, -0.05) is 24.3 Å².